The summed E-state index contributed by atoms with van der Waals surface area (Å²) >= 11 is 0. The number of ether oxygens (including phenoxy) is 1. The van der Waals surface area contributed by atoms with Crippen LogP contribution in [0.1, 0.15) is 49.5 Å². The van der Waals surface area contributed by atoms with Crippen molar-refractivity contribution in [3.8, 4) is 6.07 Å². The molecule has 1 fully saturated rings. The van der Waals surface area contributed by atoms with Crippen LogP contribution in [0.3, 0.4) is 0 Å². The van der Waals surface area contributed by atoms with E-state index >= 15 is 0 Å². The zero-order chi connectivity index (χ0) is 18.6. The van der Waals surface area contributed by atoms with Gasteiger partial charge in [-0.15, -0.1) is 0 Å². The number of hydrogen-bond donors (Lipinski definition) is 1. The fraction of sp³-hybridized carbons (Fsp3) is 0.421. The van der Waals surface area contributed by atoms with Crippen molar-refractivity contribution in [2.24, 2.45) is 0 Å². The highest BCUT2D eigenvalue weighted by atomic mass is 16.5. The zero-order valence-electron chi connectivity index (χ0n) is 14.6. The molecule has 1 saturated carbocycles. The monoisotopic (exact) mass is 352 g/mol. The van der Waals surface area contributed by atoms with Gasteiger partial charge in [-0.3, -0.25) is 9.78 Å². The van der Waals surface area contributed by atoms with E-state index in [0.717, 1.165) is 19.3 Å². The molecule has 1 N–H and O–H groups in total. The fourth-order valence-corrected chi connectivity index (χ4v) is 3.09. The number of amides is 1. The van der Waals surface area contributed by atoms with Crippen LogP contribution in [0.25, 0.3) is 11.0 Å². The first-order chi connectivity index (χ1) is 12.5. The van der Waals surface area contributed by atoms with Crippen molar-refractivity contribution in [3.05, 3.63) is 36.2 Å². The molecule has 1 aliphatic rings. The van der Waals surface area contributed by atoms with Crippen molar-refractivity contribution >= 4 is 22.9 Å². The lowest BCUT2D eigenvalue weighted by atomic mass is 9.83. The molecule has 0 saturated heterocycles. The Bertz CT molecular complexity index is 868. The molecule has 134 valence electrons. The van der Waals surface area contributed by atoms with Gasteiger partial charge in [-0.25, -0.2) is 9.78 Å². The maximum atomic E-state index is 12.4. The Labute approximate surface area is 151 Å². The van der Waals surface area contributed by atoms with Gasteiger partial charge in [0.05, 0.1) is 23.3 Å². The minimum Gasteiger partial charge on any atom is -0.448 e. The summed E-state index contributed by atoms with van der Waals surface area (Å²) in [6, 6.07) is 9.38. The Morgan fingerprint density at radius 1 is 1.23 bits per heavy atom. The second-order valence-electron chi connectivity index (χ2n) is 6.54. The number of nitrogens with zero attached hydrogens (tertiary/aromatic N) is 3. The molecule has 0 spiro atoms. The van der Waals surface area contributed by atoms with E-state index in [1.165, 1.54) is 13.1 Å². The number of nitrogens with one attached hydrogen (secondary N) is 1. The summed E-state index contributed by atoms with van der Waals surface area (Å²) in [5.41, 5.74) is 0.419. The van der Waals surface area contributed by atoms with Gasteiger partial charge in [0, 0.05) is 0 Å². The zero-order valence-corrected chi connectivity index (χ0v) is 14.6. The molecule has 3 rings (SSSR count). The van der Waals surface area contributed by atoms with E-state index in [2.05, 4.69) is 21.4 Å². The van der Waals surface area contributed by atoms with E-state index in [0.29, 0.717) is 23.9 Å². The minimum atomic E-state index is -1.03. The highest BCUT2D eigenvalue weighted by molar-refractivity contribution is 5.92. The summed E-state index contributed by atoms with van der Waals surface area (Å²) < 4.78 is 5.22. The van der Waals surface area contributed by atoms with Crippen LogP contribution >= 0.6 is 0 Å². The lowest BCUT2D eigenvalue weighted by molar-refractivity contribution is -0.130. The number of nitriles is 1. The molecule has 2 aromatic rings. The number of para-hydroxylation sites is 2. The molecule has 0 radical (unpaired) electrons. The largest absolute Gasteiger partial charge is 0.448 e. The average molecular weight is 352 g/mol. The number of benzene rings is 1. The summed E-state index contributed by atoms with van der Waals surface area (Å²) in [7, 11) is 0. The maximum Gasteiger partial charge on any atom is 0.359 e. The topological polar surface area (TPSA) is 105 Å². The molecule has 1 heterocycles. The van der Waals surface area contributed by atoms with Gasteiger partial charge in [0.2, 0.25) is 0 Å². The lowest BCUT2D eigenvalue weighted by Crippen LogP contribution is -2.52. The third-order valence-electron chi connectivity index (χ3n) is 4.59. The molecule has 1 unspecified atom stereocenters. The second-order valence-corrected chi connectivity index (χ2v) is 6.54. The molecule has 1 atom stereocenters. The summed E-state index contributed by atoms with van der Waals surface area (Å²) in [5.74, 6) is -1.20. The van der Waals surface area contributed by atoms with Crippen molar-refractivity contribution in [2.45, 2.75) is 50.7 Å². The van der Waals surface area contributed by atoms with Crippen molar-refractivity contribution in [1.82, 2.24) is 15.3 Å². The van der Waals surface area contributed by atoms with Gasteiger partial charge in [0.1, 0.15) is 5.54 Å². The Hall–Kier alpha value is -3.01. The van der Waals surface area contributed by atoms with Crippen molar-refractivity contribution in [1.29, 1.82) is 5.26 Å². The van der Waals surface area contributed by atoms with Crippen LogP contribution in [0, 0.1) is 11.3 Å². The summed E-state index contributed by atoms with van der Waals surface area (Å²) in [6.07, 6.45) is 4.39. The first-order valence-electron chi connectivity index (χ1n) is 8.69. The third-order valence-corrected chi connectivity index (χ3v) is 4.59. The Kier molecular flexibility index (Phi) is 5.12. The first kappa shape index (κ1) is 17.8. The predicted molar refractivity (Wildman–Crippen MR) is 94.0 cm³/mol. The quantitative estimate of drug-likeness (QED) is 0.848. The Morgan fingerprint density at radius 2 is 1.92 bits per heavy atom. The van der Waals surface area contributed by atoms with Gasteiger partial charge >= 0.3 is 5.97 Å². The number of fused-ring (bicyclic) bond motifs is 1. The number of aromatic nitrogens is 2. The molecule has 0 aliphatic heterocycles. The second kappa shape index (κ2) is 7.48. The van der Waals surface area contributed by atoms with Gasteiger partial charge < -0.3 is 10.1 Å². The van der Waals surface area contributed by atoms with Crippen LogP contribution in [0.5, 0.6) is 0 Å². The van der Waals surface area contributed by atoms with Gasteiger partial charge in [-0.1, -0.05) is 31.4 Å². The van der Waals surface area contributed by atoms with Crippen molar-refractivity contribution in [3.63, 3.8) is 0 Å². The van der Waals surface area contributed by atoms with E-state index < -0.39 is 23.5 Å². The highest BCUT2D eigenvalue weighted by Gasteiger charge is 2.35. The number of esters is 1. The van der Waals surface area contributed by atoms with Gasteiger partial charge in [0.25, 0.3) is 5.91 Å². The fourth-order valence-electron chi connectivity index (χ4n) is 3.09. The third kappa shape index (κ3) is 3.80. The molecule has 1 aliphatic carbocycles. The van der Waals surface area contributed by atoms with Crippen LogP contribution < -0.4 is 5.32 Å². The van der Waals surface area contributed by atoms with Gasteiger partial charge in [-0.2, -0.15) is 5.26 Å². The number of rotatable bonds is 4. The molecule has 7 heteroatoms. The Morgan fingerprint density at radius 3 is 2.62 bits per heavy atom. The van der Waals surface area contributed by atoms with E-state index in [1.54, 1.807) is 18.2 Å². The summed E-state index contributed by atoms with van der Waals surface area (Å²) in [4.78, 5) is 33.0. The van der Waals surface area contributed by atoms with Crippen LogP contribution in [0.2, 0.25) is 0 Å². The van der Waals surface area contributed by atoms with Crippen LogP contribution in [-0.2, 0) is 9.53 Å². The molecule has 1 amide bonds. The standard InChI is InChI=1S/C19H20N4O3/c1-13(17(24)23-19(12-20)9-5-2-6-10-19)26-18(25)16-11-21-14-7-3-4-8-15(14)22-16/h3-4,7-8,11,13H,2,5-6,9-10H2,1H3,(H,23,24). The molecule has 7 nitrogen and oxygen atoms in total. The normalized spacial score (nSPS) is 17.1. The summed E-state index contributed by atoms with van der Waals surface area (Å²) in [5, 5.41) is 12.2. The smallest absolute Gasteiger partial charge is 0.359 e. The minimum absolute atomic E-state index is 0.0380. The van der Waals surface area contributed by atoms with Crippen molar-refractivity contribution in [2.75, 3.05) is 0 Å². The Balaban J connectivity index is 1.66. The molecular formula is C19H20N4O3. The average Bonchev–Trinajstić information content (AvgIpc) is 2.68. The first-order valence-corrected chi connectivity index (χ1v) is 8.69. The SMILES string of the molecule is CC(OC(=O)c1cnc2ccccc2n1)C(=O)NC1(C#N)CCCCC1. The lowest BCUT2D eigenvalue weighted by Gasteiger charge is -2.32. The summed E-state index contributed by atoms with van der Waals surface area (Å²) in [6.45, 7) is 1.48. The van der Waals surface area contributed by atoms with Crippen LogP contribution in [0.15, 0.2) is 30.5 Å². The molecular weight excluding hydrogens is 332 g/mol. The van der Waals surface area contributed by atoms with Crippen molar-refractivity contribution < 1.29 is 14.3 Å². The van der Waals surface area contributed by atoms with E-state index in [9.17, 15) is 14.9 Å². The molecule has 26 heavy (non-hydrogen) atoms. The maximum absolute atomic E-state index is 12.4. The predicted octanol–water partition coefficient (Wildman–Crippen LogP) is 2.52. The van der Waals surface area contributed by atoms with Gasteiger partial charge in [0.15, 0.2) is 11.8 Å². The number of carbonyl (C=O) groups excluding carboxylic acids is 2. The van der Waals surface area contributed by atoms with Crippen LogP contribution in [-0.4, -0.2) is 33.5 Å². The highest BCUT2D eigenvalue weighted by Crippen LogP contribution is 2.27. The van der Waals surface area contributed by atoms with E-state index in [1.807, 2.05) is 6.07 Å². The number of carbonyl (C=O) groups is 2. The molecule has 1 aromatic carbocycles. The van der Waals surface area contributed by atoms with E-state index in [4.69, 9.17) is 4.74 Å². The molecule has 0 bridgehead atoms. The van der Waals surface area contributed by atoms with Crippen LogP contribution in [0.4, 0.5) is 0 Å². The van der Waals surface area contributed by atoms with Gasteiger partial charge in [-0.05, 0) is 31.9 Å². The van der Waals surface area contributed by atoms with E-state index in [-0.39, 0.29) is 5.69 Å². The molecule has 1 aromatic heterocycles. The number of hydrogen-bond acceptors (Lipinski definition) is 6.